The average Bonchev–Trinajstić information content (AvgIpc) is 2.97. The van der Waals surface area contributed by atoms with Crippen molar-refractivity contribution in [2.45, 2.75) is 51.0 Å². The van der Waals surface area contributed by atoms with Crippen LogP contribution in [0.5, 0.6) is 0 Å². The van der Waals surface area contributed by atoms with Gasteiger partial charge in [0.05, 0.1) is 11.3 Å². The van der Waals surface area contributed by atoms with Crippen LogP contribution in [0, 0.1) is 5.92 Å². The Kier molecular flexibility index (Phi) is 5.27. The lowest BCUT2D eigenvalue weighted by atomic mass is 9.77. The number of carbonyl (C=O) groups is 2. The highest BCUT2D eigenvalue weighted by atomic mass is 79.9. The van der Waals surface area contributed by atoms with Gasteiger partial charge in [0.1, 0.15) is 0 Å². The number of hydrogen-bond acceptors (Lipinski definition) is 2. The number of hydrogen-bond donors (Lipinski definition) is 2. The predicted molar refractivity (Wildman–Crippen MR) is 88.7 cm³/mol. The summed E-state index contributed by atoms with van der Waals surface area (Å²) in [4.78, 5) is 23.9. The van der Waals surface area contributed by atoms with Crippen LogP contribution in [-0.2, 0) is 15.0 Å². The number of aliphatic carboxylic acids is 1. The van der Waals surface area contributed by atoms with Crippen molar-refractivity contribution in [3.63, 3.8) is 0 Å². The van der Waals surface area contributed by atoms with Crippen molar-refractivity contribution in [2.24, 2.45) is 5.92 Å². The highest BCUT2D eigenvalue weighted by molar-refractivity contribution is 9.10. The largest absolute Gasteiger partial charge is 0.481 e. The van der Waals surface area contributed by atoms with Crippen LogP contribution < -0.4 is 5.32 Å². The highest BCUT2D eigenvalue weighted by Crippen LogP contribution is 2.41. The van der Waals surface area contributed by atoms with Crippen LogP contribution in [0.1, 0.15) is 45.1 Å². The molecule has 1 aromatic rings. The van der Waals surface area contributed by atoms with Crippen LogP contribution in [0.2, 0.25) is 0 Å². The summed E-state index contributed by atoms with van der Waals surface area (Å²) in [5.41, 5.74) is 0.494. The van der Waals surface area contributed by atoms with E-state index in [1.165, 1.54) is 0 Å². The van der Waals surface area contributed by atoms with Gasteiger partial charge in [0.15, 0.2) is 0 Å². The van der Waals surface area contributed by atoms with Gasteiger partial charge in [-0.3, -0.25) is 9.59 Å². The Morgan fingerprint density at radius 1 is 1.18 bits per heavy atom. The predicted octanol–water partition coefficient (Wildman–Crippen LogP) is 3.49. The molecule has 2 rings (SSSR count). The number of halogens is 1. The molecule has 0 aliphatic heterocycles. The van der Waals surface area contributed by atoms with Crippen LogP contribution in [-0.4, -0.2) is 23.0 Å². The van der Waals surface area contributed by atoms with Gasteiger partial charge in [-0.2, -0.15) is 0 Å². The second kappa shape index (κ2) is 6.82. The van der Waals surface area contributed by atoms with Crippen molar-refractivity contribution in [2.75, 3.05) is 0 Å². The molecule has 0 heterocycles. The Morgan fingerprint density at radius 3 is 2.23 bits per heavy atom. The van der Waals surface area contributed by atoms with Crippen molar-refractivity contribution < 1.29 is 14.7 Å². The lowest BCUT2D eigenvalue weighted by Crippen LogP contribution is -2.49. The van der Waals surface area contributed by atoms with E-state index in [9.17, 15) is 9.59 Å². The van der Waals surface area contributed by atoms with Gasteiger partial charge in [-0.1, -0.05) is 40.9 Å². The molecule has 0 saturated heterocycles. The summed E-state index contributed by atoms with van der Waals surface area (Å²) in [7, 11) is 0. The van der Waals surface area contributed by atoms with E-state index in [0.717, 1.165) is 35.7 Å². The van der Waals surface area contributed by atoms with E-state index in [1.54, 1.807) is 13.8 Å². The monoisotopic (exact) mass is 367 g/mol. The molecule has 5 heteroatoms. The molecule has 0 aromatic heterocycles. The van der Waals surface area contributed by atoms with Crippen molar-refractivity contribution >= 4 is 27.8 Å². The van der Waals surface area contributed by atoms with E-state index < -0.39 is 23.3 Å². The molecule has 2 N–H and O–H groups in total. The molecule has 1 saturated carbocycles. The Hall–Kier alpha value is -1.36. The number of amides is 1. The second-order valence-electron chi connectivity index (χ2n) is 6.19. The minimum atomic E-state index is -0.892. The number of nitrogens with one attached hydrogen (secondary N) is 1. The van der Waals surface area contributed by atoms with Gasteiger partial charge < -0.3 is 10.4 Å². The molecular formula is C17H22BrNO3. The number of rotatable bonds is 5. The third-order valence-corrected chi connectivity index (χ3v) is 5.32. The van der Waals surface area contributed by atoms with Gasteiger partial charge >= 0.3 is 5.97 Å². The summed E-state index contributed by atoms with van der Waals surface area (Å²) < 4.78 is 0.984. The van der Waals surface area contributed by atoms with E-state index in [0.29, 0.717) is 0 Å². The van der Waals surface area contributed by atoms with Gasteiger partial charge in [0, 0.05) is 10.5 Å². The Balaban J connectivity index is 2.22. The van der Waals surface area contributed by atoms with E-state index >= 15 is 0 Å². The molecule has 22 heavy (non-hydrogen) atoms. The maximum absolute atomic E-state index is 12.9. The summed E-state index contributed by atoms with van der Waals surface area (Å²) in [6.07, 6.45) is 3.67. The summed E-state index contributed by atoms with van der Waals surface area (Å²) >= 11 is 3.42. The summed E-state index contributed by atoms with van der Waals surface area (Å²) in [6.45, 7) is 3.37. The lowest BCUT2D eigenvalue weighted by Gasteiger charge is -2.31. The zero-order chi connectivity index (χ0) is 16.3. The van der Waals surface area contributed by atoms with Crippen LogP contribution >= 0.6 is 15.9 Å². The molecule has 1 aromatic carbocycles. The molecule has 1 aliphatic rings. The number of carboxylic acid groups (broad SMARTS) is 1. The molecule has 0 radical (unpaired) electrons. The second-order valence-corrected chi connectivity index (χ2v) is 7.10. The first kappa shape index (κ1) is 17.0. The molecule has 1 aliphatic carbocycles. The Labute approximate surface area is 139 Å². The van der Waals surface area contributed by atoms with Crippen molar-refractivity contribution in [1.29, 1.82) is 0 Å². The lowest BCUT2D eigenvalue weighted by molar-refractivity contribution is -0.142. The fourth-order valence-corrected chi connectivity index (χ4v) is 3.34. The van der Waals surface area contributed by atoms with Gasteiger partial charge in [-0.15, -0.1) is 0 Å². The zero-order valence-corrected chi connectivity index (χ0v) is 14.5. The molecule has 0 bridgehead atoms. The topological polar surface area (TPSA) is 66.4 Å². The van der Waals surface area contributed by atoms with Gasteiger partial charge in [0.25, 0.3) is 0 Å². The summed E-state index contributed by atoms with van der Waals surface area (Å²) in [6, 6.07) is 7.48. The highest BCUT2D eigenvalue weighted by Gasteiger charge is 2.43. The zero-order valence-electron chi connectivity index (χ0n) is 12.9. The minimum Gasteiger partial charge on any atom is -0.481 e. The molecule has 0 spiro atoms. The maximum Gasteiger partial charge on any atom is 0.308 e. The van der Waals surface area contributed by atoms with E-state index in [1.807, 2.05) is 24.3 Å². The SMILES string of the molecule is CC(NC(=O)C1(c2ccc(Br)cc2)CCCC1)C(C)C(=O)O. The van der Waals surface area contributed by atoms with Crippen LogP contribution in [0.4, 0.5) is 0 Å². The third kappa shape index (κ3) is 3.35. The Morgan fingerprint density at radius 2 is 1.73 bits per heavy atom. The fraction of sp³-hybridized carbons (Fsp3) is 0.529. The molecule has 1 fully saturated rings. The smallest absolute Gasteiger partial charge is 0.308 e. The maximum atomic E-state index is 12.9. The van der Waals surface area contributed by atoms with Crippen LogP contribution in [0.25, 0.3) is 0 Å². The van der Waals surface area contributed by atoms with Gasteiger partial charge in [0.2, 0.25) is 5.91 Å². The first-order chi connectivity index (χ1) is 10.4. The molecule has 1 amide bonds. The molecule has 120 valence electrons. The van der Waals surface area contributed by atoms with Crippen molar-refractivity contribution in [3.05, 3.63) is 34.3 Å². The number of benzene rings is 1. The van der Waals surface area contributed by atoms with Gasteiger partial charge in [-0.05, 0) is 44.4 Å². The molecule has 2 unspecified atom stereocenters. The van der Waals surface area contributed by atoms with E-state index in [4.69, 9.17) is 5.11 Å². The van der Waals surface area contributed by atoms with Crippen LogP contribution in [0.3, 0.4) is 0 Å². The number of carbonyl (C=O) groups excluding carboxylic acids is 1. The fourth-order valence-electron chi connectivity index (χ4n) is 3.08. The summed E-state index contributed by atoms with van der Waals surface area (Å²) in [5.74, 6) is -1.54. The van der Waals surface area contributed by atoms with Gasteiger partial charge in [-0.25, -0.2) is 0 Å². The average molecular weight is 368 g/mol. The molecule has 4 nitrogen and oxygen atoms in total. The van der Waals surface area contributed by atoms with Crippen molar-refractivity contribution in [3.8, 4) is 0 Å². The molecule has 2 atom stereocenters. The first-order valence-electron chi connectivity index (χ1n) is 7.66. The third-order valence-electron chi connectivity index (χ3n) is 4.79. The van der Waals surface area contributed by atoms with Crippen molar-refractivity contribution in [1.82, 2.24) is 5.32 Å². The minimum absolute atomic E-state index is 0.0482. The molecular weight excluding hydrogens is 346 g/mol. The standard InChI is InChI=1S/C17H22BrNO3/c1-11(15(20)21)12(2)19-16(22)17(9-3-4-10-17)13-5-7-14(18)8-6-13/h5-8,11-12H,3-4,9-10H2,1-2H3,(H,19,22)(H,20,21). The van der Waals surface area contributed by atoms with E-state index in [-0.39, 0.29) is 5.91 Å². The summed E-state index contributed by atoms with van der Waals surface area (Å²) in [5, 5.41) is 12.0. The first-order valence-corrected chi connectivity index (χ1v) is 8.46. The number of carboxylic acids is 1. The normalized spacial score (nSPS) is 19.4. The Bertz CT molecular complexity index is 550. The van der Waals surface area contributed by atoms with E-state index in [2.05, 4.69) is 21.2 Å². The van der Waals surface area contributed by atoms with Crippen LogP contribution in [0.15, 0.2) is 28.7 Å². The quantitative estimate of drug-likeness (QED) is 0.836.